The fraction of sp³-hybridized carbons (Fsp3) is 0.269. The lowest BCUT2D eigenvalue weighted by molar-refractivity contribution is -0.140. The van der Waals surface area contributed by atoms with E-state index in [1.165, 1.54) is 5.56 Å². The van der Waals surface area contributed by atoms with Gasteiger partial charge in [-0.1, -0.05) is 49.0 Å². The molecule has 0 unspecified atom stereocenters. The molecule has 0 amide bonds. The predicted molar refractivity (Wildman–Crippen MR) is 122 cm³/mol. The van der Waals surface area contributed by atoms with Crippen molar-refractivity contribution in [3.05, 3.63) is 84.4 Å². The number of hydrogen-bond donors (Lipinski definition) is 0. The second-order valence-electron chi connectivity index (χ2n) is 7.10. The highest BCUT2D eigenvalue weighted by molar-refractivity contribution is 5.89. The zero-order chi connectivity index (χ0) is 21.9. The Morgan fingerprint density at radius 3 is 2.45 bits per heavy atom. The Hall–Kier alpha value is -3.31. The van der Waals surface area contributed by atoms with Crippen LogP contribution in [0.25, 0.3) is 10.8 Å². The average Bonchev–Trinajstić information content (AvgIpc) is 2.79. The third-order valence-electron chi connectivity index (χ3n) is 4.61. The first kappa shape index (κ1) is 22.4. The van der Waals surface area contributed by atoms with Crippen molar-refractivity contribution in [3.8, 4) is 11.5 Å². The van der Waals surface area contributed by atoms with Gasteiger partial charge in [-0.05, 0) is 42.1 Å². The lowest BCUT2D eigenvalue weighted by Crippen LogP contribution is -2.13. The van der Waals surface area contributed by atoms with Crippen LogP contribution in [0.5, 0.6) is 11.5 Å². The molecule has 0 radical (unpaired) electrons. The molecular weight excluding hydrogens is 392 g/mol. The largest absolute Gasteiger partial charge is 0.493 e. The molecule has 5 heteroatoms. The van der Waals surface area contributed by atoms with Crippen molar-refractivity contribution in [1.82, 2.24) is 0 Å². The van der Waals surface area contributed by atoms with Gasteiger partial charge in [-0.3, -0.25) is 0 Å². The van der Waals surface area contributed by atoms with Crippen molar-refractivity contribution in [2.75, 3.05) is 33.0 Å². The quantitative estimate of drug-likeness (QED) is 0.235. The van der Waals surface area contributed by atoms with Gasteiger partial charge >= 0.3 is 5.97 Å². The minimum atomic E-state index is -0.403. The molecule has 5 nitrogen and oxygen atoms in total. The molecule has 0 aliphatic rings. The lowest BCUT2D eigenvalue weighted by Gasteiger charge is -2.12. The van der Waals surface area contributed by atoms with Crippen LogP contribution in [-0.4, -0.2) is 39.0 Å². The number of carbonyl (C=O) groups excluding carboxylic acids is 1. The first-order valence-corrected chi connectivity index (χ1v) is 10.4. The van der Waals surface area contributed by atoms with Gasteiger partial charge in [-0.2, -0.15) is 0 Å². The fourth-order valence-corrected chi connectivity index (χ4v) is 3.01. The van der Waals surface area contributed by atoms with E-state index in [1.54, 1.807) is 6.92 Å². The van der Waals surface area contributed by atoms with Gasteiger partial charge in [0.1, 0.15) is 24.7 Å². The number of ether oxygens (including phenoxy) is 4. The van der Waals surface area contributed by atoms with E-state index in [4.69, 9.17) is 18.9 Å². The summed E-state index contributed by atoms with van der Waals surface area (Å²) in [5.74, 6) is 1.23. The summed E-state index contributed by atoms with van der Waals surface area (Å²) in [4.78, 5) is 11.3. The second-order valence-corrected chi connectivity index (χ2v) is 7.10. The maximum absolute atomic E-state index is 11.3. The molecule has 0 saturated carbocycles. The Labute approximate surface area is 183 Å². The number of fused-ring (bicyclic) bond motifs is 1. The summed E-state index contributed by atoms with van der Waals surface area (Å²) in [5, 5.41) is 2.11. The average molecular weight is 421 g/mol. The fourth-order valence-electron chi connectivity index (χ4n) is 3.01. The molecule has 0 aliphatic heterocycles. The maximum atomic E-state index is 11.3. The van der Waals surface area contributed by atoms with Gasteiger partial charge in [0, 0.05) is 17.4 Å². The van der Waals surface area contributed by atoms with Gasteiger partial charge < -0.3 is 18.9 Å². The molecule has 0 bridgehead atoms. The number of rotatable bonds is 12. The van der Waals surface area contributed by atoms with E-state index < -0.39 is 5.97 Å². The molecule has 31 heavy (non-hydrogen) atoms. The first-order chi connectivity index (χ1) is 15.1. The SMILES string of the molecule is C=C(C)C(=O)OCCOCCOc1ccc2c(OCCc3ccccc3)cccc2c1. The van der Waals surface area contributed by atoms with Crippen LogP contribution < -0.4 is 9.47 Å². The topological polar surface area (TPSA) is 54.0 Å². The highest BCUT2D eigenvalue weighted by atomic mass is 16.6. The van der Waals surface area contributed by atoms with Crippen LogP contribution in [0.4, 0.5) is 0 Å². The van der Waals surface area contributed by atoms with Crippen LogP contribution in [0.2, 0.25) is 0 Å². The first-order valence-electron chi connectivity index (χ1n) is 10.4. The standard InChI is InChI=1S/C26H28O5/c1-20(2)26(27)31-18-16-28-15-17-29-23-11-12-24-22(19-23)9-6-10-25(24)30-14-13-21-7-4-3-5-8-21/h3-12,19H,1,13-18H2,2H3. The van der Waals surface area contributed by atoms with Crippen LogP contribution in [0.1, 0.15) is 12.5 Å². The normalized spacial score (nSPS) is 10.6. The van der Waals surface area contributed by atoms with Gasteiger partial charge in [0.15, 0.2) is 0 Å². The summed E-state index contributed by atoms with van der Waals surface area (Å²) in [6.07, 6.45) is 0.866. The van der Waals surface area contributed by atoms with Gasteiger partial charge in [-0.25, -0.2) is 4.79 Å². The molecular formula is C26H28O5. The van der Waals surface area contributed by atoms with Crippen molar-refractivity contribution in [2.24, 2.45) is 0 Å². The molecule has 3 aromatic carbocycles. The van der Waals surface area contributed by atoms with E-state index in [-0.39, 0.29) is 6.61 Å². The van der Waals surface area contributed by atoms with E-state index in [0.29, 0.717) is 32.0 Å². The van der Waals surface area contributed by atoms with E-state index in [1.807, 2.05) is 54.6 Å². The molecule has 0 spiro atoms. The monoisotopic (exact) mass is 420 g/mol. The smallest absolute Gasteiger partial charge is 0.333 e. The molecule has 0 atom stereocenters. The van der Waals surface area contributed by atoms with Gasteiger partial charge in [0.05, 0.1) is 19.8 Å². The highest BCUT2D eigenvalue weighted by Crippen LogP contribution is 2.29. The van der Waals surface area contributed by atoms with Crippen molar-refractivity contribution >= 4 is 16.7 Å². The maximum Gasteiger partial charge on any atom is 0.333 e. The summed E-state index contributed by atoms with van der Waals surface area (Å²) < 4.78 is 22.2. The Morgan fingerprint density at radius 1 is 0.839 bits per heavy atom. The molecule has 0 N–H and O–H groups in total. The van der Waals surface area contributed by atoms with Crippen molar-refractivity contribution < 1.29 is 23.7 Å². The molecule has 0 heterocycles. The van der Waals surface area contributed by atoms with Crippen molar-refractivity contribution in [2.45, 2.75) is 13.3 Å². The van der Waals surface area contributed by atoms with Crippen LogP contribution in [0.3, 0.4) is 0 Å². The van der Waals surface area contributed by atoms with Crippen LogP contribution in [-0.2, 0) is 20.7 Å². The van der Waals surface area contributed by atoms with Gasteiger partial charge in [-0.15, -0.1) is 0 Å². The van der Waals surface area contributed by atoms with E-state index in [9.17, 15) is 4.79 Å². The Morgan fingerprint density at radius 2 is 1.65 bits per heavy atom. The number of carbonyl (C=O) groups is 1. The molecule has 0 aromatic heterocycles. The molecule has 0 aliphatic carbocycles. The summed E-state index contributed by atoms with van der Waals surface area (Å²) in [6, 6.07) is 22.3. The third-order valence-corrected chi connectivity index (χ3v) is 4.61. The van der Waals surface area contributed by atoms with E-state index in [0.717, 1.165) is 28.7 Å². The number of hydrogen-bond acceptors (Lipinski definition) is 5. The molecule has 0 saturated heterocycles. The minimum Gasteiger partial charge on any atom is -0.493 e. The summed E-state index contributed by atoms with van der Waals surface area (Å²) >= 11 is 0. The summed E-state index contributed by atoms with van der Waals surface area (Å²) in [5.41, 5.74) is 1.64. The second kappa shape index (κ2) is 11.8. The lowest BCUT2D eigenvalue weighted by atomic mass is 10.1. The molecule has 3 rings (SSSR count). The number of benzene rings is 3. The third kappa shape index (κ3) is 7.15. The Kier molecular flexibility index (Phi) is 8.49. The van der Waals surface area contributed by atoms with E-state index in [2.05, 4.69) is 18.7 Å². The molecule has 162 valence electrons. The zero-order valence-electron chi connectivity index (χ0n) is 17.8. The van der Waals surface area contributed by atoms with Crippen LogP contribution in [0, 0.1) is 0 Å². The molecule has 0 fully saturated rings. The summed E-state index contributed by atoms with van der Waals surface area (Å²) in [7, 11) is 0. The van der Waals surface area contributed by atoms with E-state index >= 15 is 0 Å². The predicted octanol–water partition coefficient (Wildman–Crippen LogP) is 4.98. The minimum absolute atomic E-state index is 0.203. The summed E-state index contributed by atoms with van der Waals surface area (Å²) in [6.45, 7) is 7.11. The van der Waals surface area contributed by atoms with Gasteiger partial charge in [0.2, 0.25) is 0 Å². The van der Waals surface area contributed by atoms with Crippen molar-refractivity contribution in [1.29, 1.82) is 0 Å². The van der Waals surface area contributed by atoms with Crippen LogP contribution in [0.15, 0.2) is 78.9 Å². The van der Waals surface area contributed by atoms with Crippen LogP contribution >= 0.6 is 0 Å². The number of esters is 1. The Balaban J connectivity index is 1.43. The zero-order valence-corrected chi connectivity index (χ0v) is 17.8. The highest BCUT2D eigenvalue weighted by Gasteiger charge is 2.05. The Bertz CT molecular complexity index is 997. The van der Waals surface area contributed by atoms with Crippen molar-refractivity contribution in [3.63, 3.8) is 0 Å². The van der Waals surface area contributed by atoms with Gasteiger partial charge in [0.25, 0.3) is 0 Å². The molecule has 3 aromatic rings.